The van der Waals surface area contributed by atoms with Crippen molar-refractivity contribution < 1.29 is 14.3 Å². The second-order valence-electron chi connectivity index (χ2n) is 5.43. The average molecular weight is 340 g/mol. The van der Waals surface area contributed by atoms with Crippen molar-refractivity contribution in [1.29, 1.82) is 0 Å². The molecule has 3 aromatic rings. The summed E-state index contributed by atoms with van der Waals surface area (Å²) < 4.78 is 12.2. The van der Waals surface area contributed by atoms with Crippen LogP contribution in [0.25, 0.3) is 11.3 Å². The summed E-state index contributed by atoms with van der Waals surface area (Å²) in [5.41, 5.74) is 1.65. The number of hydrogen-bond acceptors (Lipinski definition) is 6. The fourth-order valence-corrected chi connectivity index (χ4v) is 2.50. The lowest BCUT2D eigenvalue weighted by Crippen LogP contribution is -2.19. The highest BCUT2D eigenvalue weighted by Gasteiger charge is 2.15. The van der Waals surface area contributed by atoms with Crippen LogP contribution >= 0.6 is 0 Å². The molecule has 0 radical (unpaired) electrons. The molecule has 9 nitrogen and oxygen atoms in total. The molecule has 4 rings (SSSR count). The normalized spacial score (nSPS) is 12.4. The number of aryl methyl sites for hydroxylation is 1. The highest BCUT2D eigenvalue weighted by atomic mass is 16.7. The van der Waals surface area contributed by atoms with Gasteiger partial charge in [-0.2, -0.15) is 15.0 Å². The maximum atomic E-state index is 12.1. The third-order valence-corrected chi connectivity index (χ3v) is 3.70. The SMILES string of the molecule is CCn1ncc(NC(=O)Cn2ccc(-c3ccc4c(c3)OCO4)n2)n1. The molecule has 0 unspecified atom stereocenters. The van der Waals surface area contributed by atoms with Gasteiger partial charge in [-0.3, -0.25) is 9.48 Å². The lowest BCUT2D eigenvalue weighted by atomic mass is 10.1. The van der Waals surface area contributed by atoms with Gasteiger partial charge in [-0.25, -0.2) is 0 Å². The molecule has 1 aliphatic heterocycles. The van der Waals surface area contributed by atoms with Crippen molar-refractivity contribution in [3.8, 4) is 22.8 Å². The van der Waals surface area contributed by atoms with Crippen LogP contribution < -0.4 is 14.8 Å². The monoisotopic (exact) mass is 340 g/mol. The van der Waals surface area contributed by atoms with Crippen LogP contribution in [-0.2, 0) is 17.9 Å². The van der Waals surface area contributed by atoms with E-state index in [1.54, 1.807) is 10.9 Å². The van der Waals surface area contributed by atoms with Gasteiger partial charge in [0.2, 0.25) is 12.7 Å². The molecular formula is C16H16N6O3. The Balaban J connectivity index is 1.43. The summed E-state index contributed by atoms with van der Waals surface area (Å²) in [6.07, 6.45) is 3.27. The predicted molar refractivity (Wildman–Crippen MR) is 88.1 cm³/mol. The summed E-state index contributed by atoms with van der Waals surface area (Å²) in [7, 11) is 0. The van der Waals surface area contributed by atoms with Crippen LogP contribution in [0.15, 0.2) is 36.7 Å². The van der Waals surface area contributed by atoms with Crippen molar-refractivity contribution in [2.24, 2.45) is 0 Å². The summed E-state index contributed by atoms with van der Waals surface area (Å²) in [4.78, 5) is 13.6. The minimum absolute atomic E-state index is 0.0868. The number of nitrogens with zero attached hydrogens (tertiary/aromatic N) is 5. The largest absolute Gasteiger partial charge is 0.454 e. The fraction of sp³-hybridized carbons (Fsp3) is 0.250. The Labute approximate surface area is 143 Å². The number of anilines is 1. The molecule has 0 aliphatic carbocycles. The smallest absolute Gasteiger partial charge is 0.247 e. The quantitative estimate of drug-likeness (QED) is 0.757. The first kappa shape index (κ1) is 15.2. The Bertz CT molecular complexity index is 916. The van der Waals surface area contributed by atoms with Crippen molar-refractivity contribution in [1.82, 2.24) is 24.8 Å². The molecule has 3 heterocycles. The standard InChI is InChI=1S/C16H16N6O3/c1-2-22-17-8-15(20-22)18-16(23)9-21-6-5-12(19-21)11-3-4-13-14(7-11)25-10-24-13/h3-8H,2,9-10H2,1H3,(H,18,20,23). The maximum Gasteiger partial charge on any atom is 0.247 e. The molecule has 0 saturated heterocycles. The van der Waals surface area contributed by atoms with Crippen LogP contribution in [0, 0.1) is 0 Å². The molecule has 128 valence electrons. The van der Waals surface area contributed by atoms with Gasteiger partial charge >= 0.3 is 0 Å². The molecule has 2 aromatic heterocycles. The summed E-state index contributed by atoms with van der Waals surface area (Å²) in [5, 5.41) is 15.3. The van der Waals surface area contributed by atoms with E-state index in [-0.39, 0.29) is 19.2 Å². The second-order valence-corrected chi connectivity index (χ2v) is 5.43. The van der Waals surface area contributed by atoms with Gasteiger partial charge in [0, 0.05) is 11.8 Å². The van der Waals surface area contributed by atoms with Gasteiger partial charge in [-0.05, 0) is 31.2 Å². The van der Waals surface area contributed by atoms with E-state index in [9.17, 15) is 4.79 Å². The van der Waals surface area contributed by atoms with Gasteiger partial charge in [-0.1, -0.05) is 0 Å². The number of hydrogen-bond donors (Lipinski definition) is 1. The number of fused-ring (bicyclic) bond motifs is 1. The van der Waals surface area contributed by atoms with Gasteiger partial charge in [-0.15, -0.1) is 5.10 Å². The summed E-state index contributed by atoms with van der Waals surface area (Å²) in [5.74, 6) is 1.63. The van der Waals surface area contributed by atoms with E-state index in [2.05, 4.69) is 20.6 Å². The topological polar surface area (TPSA) is 96.1 Å². The molecule has 1 N–H and O–H groups in total. The van der Waals surface area contributed by atoms with Crippen LogP contribution in [-0.4, -0.2) is 37.5 Å². The van der Waals surface area contributed by atoms with Crippen LogP contribution in [0.2, 0.25) is 0 Å². The molecule has 0 atom stereocenters. The van der Waals surface area contributed by atoms with E-state index in [1.807, 2.05) is 31.2 Å². The van der Waals surface area contributed by atoms with Crippen molar-refractivity contribution >= 4 is 11.7 Å². The summed E-state index contributed by atoms with van der Waals surface area (Å²) in [6.45, 7) is 2.89. The molecule has 0 spiro atoms. The van der Waals surface area contributed by atoms with Gasteiger partial charge in [0.05, 0.1) is 18.4 Å². The van der Waals surface area contributed by atoms with E-state index in [4.69, 9.17) is 9.47 Å². The Morgan fingerprint density at radius 2 is 2.12 bits per heavy atom. The maximum absolute atomic E-state index is 12.1. The minimum atomic E-state index is -0.219. The van der Waals surface area contributed by atoms with E-state index < -0.39 is 0 Å². The van der Waals surface area contributed by atoms with Crippen molar-refractivity contribution in [3.05, 3.63) is 36.7 Å². The number of carbonyl (C=O) groups excluding carboxylic acids is 1. The highest BCUT2D eigenvalue weighted by molar-refractivity contribution is 5.89. The number of ether oxygens (including phenoxy) is 2. The zero-order chi connectivity index (χ0) is 17.2. The van der Waals surface area contributed by atoms with E-state index in [0.29, 0.717) is 18.1 Å². The summed E-state index contributed by atoms with van der Waals surface area (Å²) in [6, 6.07) is 7.47. The number of nitrogens with one attached hydrogen (secondary N) is 1. The Morgan fingerprint density at radius 3 is 2.96 bits per heavy atom. The molecule has 1 aromatic carbocycles. The molecule has 1 aliphatic rings. The van der Waals surface area contributed by atoms with Gasteiger partial charge in [0.1, 0.15) is 6.54 Å². The Morgan fingerprint density at radius 1 is 1.24 bits per heavy atom. The van der Waals surface area contributed by atoms with E-state index >= 15 is 0 Å². The lowest BCUT2D eigenvalue weighted by Gasteiger charge is -2.02. The predicted octanol–water partition coefficient (Wildman–Crippen LogP) is 1.53. The number of rotatable bonds is 5. The first-order valence-electron chi connectivity index (χ1n) is 7.85. The average Bonchev–Trinajstić information content (AvgIpc) is 3.34. The number of benzene rings is 1. The number of carbonyl (C=O) groups is 1. The zero-order valence-corrected chi connectivity index (χ0v) is 13.5. The third kappa shape index (κ3) is 3.16. The van der Waals surface area contributed by atoms with Crippen LogP contribution in [0.4, 0.5) is 5.82 Å². The third-order valence-electron chi connectivity index (χ3n) is 3.70. The van der Waals surface area contributed by atoms with Crippen molar-refractivity contribution in [2.45, 2.75) is 20.0 Å². The molecule has 9 heteroatoms. The zero-order valence-electron chi connectivity index (χ0n) is 13.5. The second kappa shape index (κ2) is 6.27. The van der Waals surface area contributed by atoms with E-state index in [0.717, 1.165) is 17.0 Å². The van der Waals surface area contributed by atoms with Crippen molar-refractivity contribution in [2.75, 3.05) is 12.1 Å². The van der Waals surface area contributed by atoms with Crippen LogP contribution in [0.1, 0.15) is 6.92 Å². The van der Waals surface area contributed by atoms with Crippen molar-refractivity contribution in [3.63, 3.8) is 0 Å². The molecular weight excluding hydrogens is 324 g/mol. The number of aromatic nitrogens is 5. The van der Waals surface area contributed by atoms with Gasteiger partial charge in [0.15, 0.2) is 17.3 Å². The molecule has 1 amide bonds. The molecule has 0 bridgehead atoms. The fourth-order valence-electron chi connectivity index (χ4n) is 2.50. The van der Waals surface area contributed by atoms with E-state index in [1.165, 1.54) is 11.0 Å². The van der Waals surface area contributed by atoms with Gasteiger partial charge in [0.25, 0.3) is 0 Å². The van der Waals surface area contributed by atoms with Crippen LogP contribution in [0.5, 0.6) is 11.5 Å². The summed E-state index contributed by atoms with van der Waals surface area (Å²) >= 11 is 0. The molecule has 25 heavy (non-hydrogen) atoms. The van der Waals surface area contributed by atoms with Crippen LogP contribution in [0.3, 0.4) is 0 Å². The Kier molecular flexibility index (Phi) is 3.81. The lowest BCUT2D eigenvalue weighted by molar-refractivity contribution is -0.116. The minimum Gasteiger partial charge on any atom is -0.454 e. The van der Waals surface area contributed by atoms with Gasteiger partial charge < -0.3 is 14.8 Å². The number of amides is 1. The highest BCUT2D eigenvalue weighted by Crippen LogP contribution is 2.35. The molecule has 0 fully saturated rings. The first-order valence-corrected chi connectivity index (χ1v) is 7.85. The Hall–Kier alpha value is -3.36. The molecule has 0 saturated carbocycles. The first-order chi connectivity index (χ1) is 12.2.